The van der Waals surface area contributed by atoms with Gasteiger partial charge in [0, 0.05) is 0 Å². The molecule has 1 rings (SSSR count). The van der Waals surface area contributed by atoms with Crippen molar-refractivity contribution in [1.29, 1.82) is 0 Å². The Bertz CT molecular complexity index is 64.0. The van der Waals surface area contributed by atoms with Gasteiger partial charge < -0.3 is 0 Å². The quantitative estimate of drug-likeness (QED) is 0.448. The Morgan fingerprint density at radius 1 is 1.80 bits per heavy atom. The molecule has 0 nitrogen and oxygen atoms in total. The van der Waals surface area contributed by atoms with Crippen LogP contribution in [0.15, 0.2) is 16.8 Å². The molecule has 0 atom stereocenters. The van der Waals surface area contributed by atoms with Gasteiger partial charge in [-0.3, -0.25) is 0 Å². The van der Waals surface area contributed by atoms with E-state index in [1.807, 2.05) is 16.8 Å². The highest BCUT2D eigenvalue weighted by atomic mass is 32.1. The molecule has 0 fully saturated rings. The van der Waals surface area contributed by atoms with E-state index in [2.05, 4.69) is 6.07 Å². The lowest BCUT2D eigenvalue weighted by molar-refractivity contribution is 1.99. The lowest BCUT2D eigenvalue weighted by Gasteiger charge is -1.39. The second kappa shape index (κ2) is 1.22. The molecule has 5 heavy (non-hydrogen) atoms. The smallest absolute Gasteiger partial charge is 0.152 e. The van der Waals surface area contributed by atoms with E-state index >= 15 is 0 Å². The minimum Gasteiger partial charge on any atom is -0.152 e. The van der Waals surface area contributed by atoms with Crippen LogP contribution < -0.4 is 0 Å². The third kappa shape index (κ3) is 0.484. The molecule has 0 N–H and O–H groups in total. The molecule has 1 aromatic rings. The molecule has 0 unspecified atom stereocenters. The monoisotopic (exact) mass is 84.0 g/mol. The molecule has 1 heterocycles. The van der Waals surface area contributed by atoms with Crippen LogP contribution in [0.25, 0.3) is 0 Å². The van der Waals surface area contributed by atoms with Gasteiger partial charge in [0.15, 0.2) is 0 Å². The fraction of sp³-hybridized carbons (Fsp3) is 0. The Hall–Kier alpha value is -0.300. The van der Waals surface area contributed by atoms with Crippen molar-refractivity contribution in [3.8, 4) is 0 Å². The molecule has 0 bridgehead atoms. The van der Waals surface area contributed by atoms with Crippen LogP contribution in [0, 0.1) is 6.07 Å². The SMILES string of the molecule is [H+].[c]1ccsc1. The molecule has 25 valence electrons. The number of hydrogen-bond donors (Lipinski definition) is 0. The summed E-state index contributed by atoms with van der Waals surface area (Å²) in [6, 6.07) is 4.77. The summed E-state index contributed by atoms with van der Waals surface area (Å²) in [7, 11) is 0. The number of rotatable bonds is 0. The van der Waals surface area contributed by atoms with E-state index < -0.39 is 0 Å². The van der Waals surface area contributed by atoms with Crippen molar-refractivity contribution in [2.75, 3.05) is 0 Å². The van der Waals surface area contributed by atoms with Crippen molar-refractivity contribution >= 4 is 11.3 Å². The largest absolute Gasteiger partial charge is 1.00 e. The Kier molecular flexibility index (Phi) is 0.711. The van der Waals surface area contributed by atoms with Crippen LogP contribution in [0.4, 0.5) is 0 Å². The first kappa shape index (κ1) is 2.91. The lowest BCUT2D eigenvalue weighted by atomic mass is 10.7. The summed E-state index contributed by atoms with van der Waals surface area (Å²) in [5.74, 6) is 0. The molecular weight excluding hydrogens is 80.1 g/mol. The van der Waals surface area contributed by atoms with Crippen molar-refractivity contribution < 1.29 is 1.43 Å². The molecule has 1 heteroatoms. The predicted octanol–water partition coefficient (Wildman–Crippen LogP) is 1.66. The van der Waals surface area contributed by atoms with Gasteiger partial charge in [-0.1, -0.05) is 0 Å². The highest BCUT2D eigenvalue weighted by molar-refractivity contribution is 7.07. The summed E-state index contributed by atoms with van der Waals surface area (Å²) in [5.41, 5.74) is 0. The van der Waals surface area contributed by atoms with Gasteiger partial charge in [0.1, 0.15) is 0 Å². The van der Waals surface area contributed by atoms with Crippen molar-refractivity contribution in [3.05, 3.63) is 22.9 Å². The van der Waals surface area contributed by atoms with Gasteiger partial charge in [0.25, 0.3) is 0 Å². The van der Waals surface area contributed by atoms with Crippen molar-refractivity contribution in [2.45, 2.75) is 0 Å². The Morgan fingerprint density at radius 2 is 2.80 bits per heavy atom. The average Bonchev–Trinajstić information content (AvgIpc) is 1.76. The molecule has 1 radical (unpaired) electrons. The van der Waals surface area contributed by atoms with E-state index in [1.165, 1.54) is 0 Å². The van der Waals surface area contributed by atoms with Crippen LogP contribution in [0.1, 0.15) is 1.43 Å². The van der Waals surface area contributed by atoms with Crippen molar-refractivity contribution in [1.82, 2.24) is 0 Å². The number of hydrogen-bond acceptors (Lipinski definition) is 1. The molecule has 0 aliphatic rings. The van der Waals surface area contributed by atoms with E-state index in [-0.39, 0.29) is 1.43 Å². The van der Waals surface area contributed by atoms with Crippen LogP contribution in [0.2, 0.25) is 0 Å². The molecule has 0 aliphatic heterocycles. The standard InChI is InChI=1S/C4H3S/c1-2-4-5-3-1/h1,3-4H/p+1. The minimum absolute atomic E-state index is 0. The highest BCUT2D eigenvalue weighted by Gasteiger charge is 1.59. The maximum absolute atomic E-state index is 2.88. The molecule has 0 amide bonds. The second-order valence-corrected chi connectivity index (χ2v) is 1.50. The summed E-state index contributed by atoms with van der Waals surface area (Å²) in [6.07, 6.45) is 0. The zero-order valence-electron chi connectivity index (χ0n) is 3.64. The van der Waals surface area contributed by atoms with Crippen LogP contribution in [0.5, 0.6) is 0 Å². The van der Waals surface area contributed by atoms with E-state index in [0.717, 1.165) is 0 Å². The van der Waals surface area contributed by atoms with Gasteiger partial charge in [0.05, 0.1) is 0 Å². The van der Waals surface area contributed by atoms with Crippen LogP contribution in [-0.4, -0.2) is 0 Å². The van der Waals surface area contributed by atoms with Gasteiger partial charge in [-0.15, -0.1) is 0 Å². The van der Waals surface area contributed by atoms with Gasteiger partial charge in [-0.2, -0.15) is 11.3 Å². The topological polar surface area (TPSA) is 0 Å². The van der Waals surface area contributed by atoms with E-state index in [4.69, 9.17) is 0 Å². The molecular formula is C4H4S+. The minimum atomic E-state index is 0. The summed E-state index contributed by atoms with van der Waals surface area (Å²) >= 11 is 1.66. The molecule has 0 aliphatic carbocycles. The van der Waals surface area contributed by atoms with Gasteiger partial charge in [-0.25, -0.2) is 0 Å². The molecule has 1 aromatic heterocycles. The molecule has 0 spiro atoms. The van der Waals surface area contributed by atoms with E-state index in [9.17, 15) is 0 Å². The van der Waals surface area contributed by atoms with Gasteiger partial charge >= 0.3 is 1.43 Å². The predicted molar refractivity (Wildman–Crippen MR) is 24.3 cm³/mol. The van der Waals surface area contributed by atoms with Crippen LogP contribution >= 0.6 is 11.3 Å². The first-order valence-corrected chi connectivity index (χ1v) is 2.32. The Morgan fingerprint density at radius 3 is 3.00 bits per heavy atom. The first-order valence-electron chi connectivity index (χ1n) is 1.38. The van der Waals surface area contributed by atoms with E-state index in [0.29, 0.717) is 0 Å². The molecule has 0 saturated heterocycles. The maximum Gasteiger partial charge on any atom is 1.00 e. The van der Waals surface area contributed by atoms with Gasteiger partial charge in [-0.05, 0) is 22.9 Å². The third-order valence-electron chi connectivity index (χ3n) is 0.379. The zero-order chi connectivity index (χ0) is 3.54. The summed E-state index contributed by atoms with van der Waals surface area (Å²) in [4.78, 5) is 0. The summed E-state index contributed by atoms with van der Waals surface area (Å²) in [5, 5.41) is 3.90. The van der Waals surface area contributed by atoms with Crippen LogP contribution in [-0.2, 0) is 0 Å². The highest BCUT2D eigenvalue weighted by Crippen LogP contribution is 1.90. The zero-order valence-corrected chi connectivity index (χ0v) is 3.46. The number of thiophene rings is 1. The normalized spacial score (nSPS) is 8.00. The lowest BCUT2D eigenvalue weighted by Crippen LogP contribution is -1.19. The maximum atomic E-state index is 2.88. The van der Waals surface area contributed by atoms with Crippen LogP contribution in [0.3, 0.4) is 0 Å². The summed E-state index contributed by atoms with van der Waals surface area (Å²) < 4.78 is 0. The summed E-state index contributed by atoms with van der Waals surface area (Å²) in [6.45, 7) is 0. The second-order valence-electron chi connectivity index (χ2n) is 0.723. The first-order chi connectivity index (χ1) is 2.50. The average molecular weight is 84.1 g/mol. The Balaban J connectivity index is 0.000000250. The van der Waals surface area contributed by atoms with E-state index in [1.54, 1.807) is 11.3 Å². The molecule has 0 aromatic carbocycles. The Labute approximate surface area is 36.6 Å². The van der Waals surface area contributed by atoms with Crippen molar-refractivity contribution in [3.63, 3.8) is 0 Å². The molecule has 0 saturated carbocycles. The van der Waals surface area contributed by atoms with Gasteiger partial charge in [0.2, 0.25) is 0 Å². The third-order valence-corrected chi connectivity index (χ3v) is 0.944. The fourth-order valence-electron chi connectivity index (χ4n) is 0.196. The van der Waals surface area contributed by atoms with Crippen molar-refractivity contribution in [2.24, 2.45) is 0 Å². The fourth-order valence-corrected chi connectivity index (χ4v) is 0.589.